The average molecular weight is 263 g/mol. The average Bonchev–Trinajstić information content (AvgIpc) is 2.36. The van der Waals surface area contributed by atoms with Crippen molar-refractivity contribution >= 4 is 0 Å². The number of rotatable bonds is 9. The number of hydrogen-bond acceptors (Lipinski definition) is 2. The van der Waals surface area contributed by atoms with Crippen molar-refractivity contribution in [2.24, 2.45) is 5.11 Å². The van der Waals surface area contributed by atoms with Crippen molar-refractivity contribution in [1.29, 1.82) is 0 Å². The van der Waals surface area contributed by atoms with E-state index < -0.39 is 0 Å². The quantitative estimate of drug-likeness (QED) is 0.279. The Hall–Kier alpha value is -1.51. The summed E-state index contributed by atoms with van der Waals surface area (Å²) in [5.74, 6) is 0. The molecular formula is C15H25N3O. The van der Waals surface area contributed by atoms with E-state index in [1.807, 2.05) is 19.9 Å². The van der Waals surface area contributed by atoms with Crippen LogP contribution in [0.3, 0.4) is 0 Å². The molecule has 0 spiro atoms. The van der Waals surface area contributed by atoms with E-state index in [2.05, 4.69) is 29.1 Å². The van der Waals surface area contributed by atoms with Gasteiger partial charge in [0.25, 0.3) is 0 Å². The summed E-state index contributed by atoms with van der Waals surface area (Å²) in [6, 6.07) is 0. The van der Waals surface area contributed by atoms with E-state index in [9.17, 15) is 0 Å². The van der Waals surface area contributed by atoms with Crippen molar-refractivity contribution in [3.8, 4) is 0 Å². The van der Waals surface area contributed by atoms with Gasteiger partial charge in [0.15, 0.2) is 0 Å². The van der Waals surface area contributed by atoms with E-state index in [4.69, 9.17) is 10.6 Å². The maximum atomic E-state index is 8.75. The first-order chi connectivity index (χ1) is 9.10. The first-order valence-corrected chi connectivity index (χ1v) is 6.68. The van der Waals surface area contributed by atoms with Crippen molar-refractivity contribution in [2.45, 2.75) is 46.5 Å². The molecule has 0 fully saturated rings. The number of nitrogens with zero attached hydrogens (tertiary/aromatic N) is 3. The molecule has 0 saturated heterocycles. The summed E-state index contributed by atoms with van der Waals surface area (Å²) in [6.45, 7) is 6.76. The van der Waals surface area contributed by atoms with Crippen LogP contribution < -0.4 is 0 Å². The van der Waals surface area contributed by atoms with Crippen LogP contribution in [0.2, 0.25) is 0 Å². The highest BCUT2D eigenvalue weighted by atomic mass is 16.2. The fourth-order valence-corrected chi connectivity index (χ4v) is 1.66. The lowest BCUT2D eigenvalue weighted by Gasteiger charge is -2.01. The van der Waals surface area contributed by atoms with E-state index in [0.717, 1.165) is 31.3 Å². The Morgan fingerprint density at radius 1 is 1.00 bits per heavy atom. The largest absolute Gasteiger partial charge is 0.392 e. The van der Waals surface area contributed by atoms with Crippen LogP contribution in [-0.2, 0) is 0 Å². The summed E-state index contributed by atoms with van der Waals surface area (Å²) in [7, 11) is 0. The highest BCUT2D eigenvalue weighted by molar-refractivity contribution is 5.06. The lowest BCUT2D eigenvalue weighted by Crippen LogP contribution is -1.84. The van der Waals surface area contributed by atoms with Gasteiger partial charge in [-0.1, -0.05) is 40.1 Å². The van der Waals surface area contributed by atoms with Gasteiger partial charge in [-0.25, -0.2) is 0 Å². The predicted octanol–water partition coefficient (Wildman–Crippen LogP) is 4.69. The number of aliphatic hydroxyl groups excluding tert-OH is 1. The minimum atomic E-state index is 0.129. The summed E-state index contributed by atoms with van der Waals surface area (Å²) in [4.78, 5) is 2.74. The molecule has 0 aromatic carbocycles. The standard InChI is InChI=1S/C15H25N3O/c1-13(6-4-8-14(2)10-11-19)7-5-9-15(3)12-17-18-16/h6,9-10,19H,4-5,7-8,11-12H2,1-3H3. The molecule has 0 heterocycles. The lowest BCUT2D eigenvalue weighted by atomic mass is 10.1. The summed E-state index contributed by atoms with van der Waals surface area (Å²) in [5.41, 5.74) is 11.9. The molecule has 0 aliphatic rings. The fourth-order valence-electron chi connectivity index (χ4n) is 1.66. The third kappa shape index (κ3) is 11.3. The van der Waals surface area contributed by atoms with Gasteiger partial charge in [0.05, 0.1) is 6.61 Å². The van der Waals surface area contributed by atoms with E-state index in [1.165, 1.54) is 11.1 Å². The molecule has 0 rings (SSSR count). The Kier molecular flexibility index (Phi) is 10.7. The van der Waals surface area contributed by atoms with Crippen LogP contribution in [0.25, 0.3) is 10.4 Å². The van der Waals surface area contributed by atoms with Gasteiger partial charge in [-0.15, -0.1) is 0 Å². The van der Waals surface area contributed by atoms with Crippen LogP contribution in [0.4, 0.5) is 0 Å². The second kappa shape index (κ2) is 11.6. The molecule has 4 nitrogen and oxygen atoms in total. The van der Waals surface area contributed by atoms with Gasteiger partial charge in [0, 0.05) is 11.5 Å². The zero-order chi connectivity index (χ0) is 14.5. The maximum Gasteiger partial charge on any atom is 0.0614 e. The van der Waals surface area contributed by atoms with Gasteiger partial charge in [-0.2, -0.15) is 0 Å². The van der Waals surface area contributed by atoms with Crippen molar-refractivity contribution in [2.75, 3.05) is 13.2 Å². The zero-order valence-electron chi connectivity index (χ0n) is 12.3. The van der Waals surface area contributed by atoms with Crippen LogP contribution in [0, 0.1) is 0 Å². The van der Waals surface area contributed by atoms with Gasteiger partial charge in [0.1, 0.15) is 0 Å². The summed E-state index contributed by atoms with van der Waals surface area (Å²) < 4.78 is 0. The second-order valence-corrected chi connectivity index (χ2v) is 4.80. The molecule has 19 heavy (non-hydrogen) atoms. The first kappa shape index (κ1) is 17.5. The molecule has 4 heteroatoms. The van der Waals surface area contributed by atoms with Crippen LogP contribution in [0.5, 0.6) is 0 Å². The summed E-state index contributed by atoms with van der Waals surface area (Å²) >= 11 is 0. The number of hydrogen-bond donors (Lipinski definition) is 1. The van der Waals surface area contributed by atoms with E-state index in [0.29, 0.717) is 6.54 Å². The molecule has 0 aliphatic heterocycles. The highest BCUT2D eigenvalue weighted by Gasteiger charge is 1.92. The molecule has 1 N–H and O–H groups in total. The fraction of sp³-hybridized carbons (Fsp3) is 0.600. The predicted molar refractivity (Wildman–Crippen MR) is 80.8 cm³/mol. The molecule has 0 unspecified atom stereocenters. The number of aliphatic hydroxyl groups is 1. The molecular weight excluding hydrogens is 238 g/mol. The molecule has 0 saturated carbocycles. The van der Waals surface area contributed by atoms with Crippen molar-refractivity contribution in [3.05, 3.63) is 45.4 Å². The highest BCUT2D eigenvalue weighted by Crippen LogP contribution is 2.11. The lowest BCUT2D eigenvalue weighted by molar-refractivity contribution is 0.341. The molecule has 0 aliphatic carbocycles. The molecule has 0 atom stereocenters. The Morgan fingerprint density at radius 3 is 2.05 bits per heavy atom. The summed E-state index contributed by atoms with van der Waals surface area (Å²) in [6.07, 6.45) is 10.3. The van der Waals surface area contributed by atoms with E-state index >= 15 is 0 Å². The van der Waals surface area contributed by atoms with Crippen molar-refractivity contribution in [1.82, 2.24) is 0 Å². The molecule has 0 aromatic heterocycles. The maximum absolute atomic E-state index is 8.75. The van der Waals surface area contributed by atoms with Crippen LogP contribution in [-0.4, -0.2) is 18.3 Å². The number of azide groups is 1. The monoisotopic (exact) mass is 263 g/mol. The SMILES string of the molecule is CC(=CCO)CCC=C(C)CCC=C(C)CN=[N+]=[N-]. The van der Waals surface area contributed by atoms with Gasteiger partial charge in [-0.3, -0.25) is 0 Å². The normalized spacial score (nSPS) is 13.4. The second-order valence-electron chi connectivity index (χ2n) is 4.80. The minimum Gasteiger partial charge on any atom is -0.392 e. The minimum absolute atomic E-state index is 0.129. The van der Waals surface area contributed by atoms with Gasteiger partial charge in [-0.05, 0) is 52.0 Å². The third-order valence-corrected chi connectivity index (χ3v) is 2.89. The molecule has 0 radical (unpaired) electrons. The Bertz CT molecular complexity index is 388. The van der Waals surface area contributed by atoms with Crippen molar-refractivity contribution in [3.63, 3.8) is 0 Å². The van der Waals surface area contributed by atoms with Gasteiger partial charge in [0.2, 0.25) is 0 Å². The topological polar surface area (TPSA) is 69.0 Å². The van der Waals surface area contributed by atoms with Gasteiger partial charge >= 0.3 is 0 Å². The number of allylic oxidation sites excluding steroid dienone is 4. The van der Waals surface area contributed by atoms with Gasteiger partial charge < -0.3 is 5.11 Å². The Balaban J connectivity index is 3.94. The molecule has 0 bridgehead atoms. The van der Waals surface area contributed by atoms with E-state index in [-0.39, 0.29) is 6.61 Å². The van der Waals surface area contributed by atoms with E-state index in [1.54, 1.807) is 0 Å². The third-order valence-electron chi connectivity index (χ3n) is 2.89. The molecule has 106 valence electrons. The Morgan fingerprint density at radius 2 is 1.53 bits per heavy atom. The van der Waals surface area contributed by atoms with Crippen LogP contribution in [0.1, 0.15) is 46.5 Å². The first-order valence-electron chi connectivity index (χ1n) is 6.68. The van der Waals surface area contributed by atoms with Crippen LogP contribution >= 0.6 is 0 Å². The molecule has 0 aromatic rings. The Labute approximate surface area is 116 Å². The van der Waals surface area contributed by atoms with Crippen molar-refractivity contribution < 1.29 is 5.11 Å². The summed E-state index contributed by atoms with van der Waals surface area (Å²) in [5, 5.41) is 12.3. The van der Waals surface area contributed by atoms with Crippen LogP contribution in [0.15, 0.2) is 40.1 Å². The molecule has 0 amide bonds. The smallest absolute Gasteiger partial charge is 0.0614 e. The zero-order valence-corrected chi connectivity index (χ0v) is 12.3.